The predicted octanol–water partition coefficient (Wildman–Crippen LogP) is 3.22. The number of anilines is 1. The van der Waals surface area contributed by atoms with Crippen molar-refractivity contribution in [2.75, 3.05) is 11.9 Å². The summed E-state index contributed by atoms with van der Waals surface area (Å²) in [7, 11) is 0. The summed E-state index contributed by atoms with van der Waals surface area (Å²) in [6.07, 6.45) is 0. The third-order valence-corrected chi connectivity index (χ3v) is 3.74. The quantitative estimate of drug-likeness (QED) is 0.487. The largest absolute Gasteiger partial charge is 0.452 e. The lowest BCUT2D eigenvalue weighted by Crippen LogP contribution is -2.21. The van der Waals surface area contributed by atoms with E-state index < -0.39 is 23.4 Å². The lowest BCUT2D eigenvalue weighted by atomic mass is 10.1. The summed E-state index contributed by atoms with van der Waals surface area (Å²) in [4.78, 5) is 34.2. The maximum Gasteiger partial charge on any atom is 0.339 e. The fraction of sp³-hybridized carbons (Fsp3) is 0.118. The number of carbonyl (C=O) groups excluding carboxylic acids is 2. The van der Waals surface area contributed by atoms with Gasteiger partial charge >= 0.3 is 5.97 Å². The molecule has 0 atom stereocenters. The Morgan fingerprint density at radius 2 is 2.08 bits per heavy atom. The minimum absolute atomic E-state index is 0.00779. The van der Waals surface area contributed by atoms with E-state index in [2.05, 4.69) is 5.32 Å². The van der Waals surface area contributed by atoms with E-state index in [1.807, 2.05) is 6.07 Å². The van der Waals surface area contributed by atoms with Crippen molar-refractivity contribution in [2.45, 2.75) is 6.92 Å². The standard InChI is InChI=1S/C17H12ClN3O5/c1-10-13(3-2-4-15(10)21(24)25)17(23)26-9-16(22)20-12-6-5-11(8-19)14(18)7-12/h2-7H,9H2,1H3,(H,20,22). The first-order chi connectivity index (χ1) is 12.3. The average Bonchev–Trinajstić information content (AvgIpc) is 2.59. The third-order valence-electron chi connectivity index (χ3n) is 3.43. The van der Waals surface area contributed by atoms with Crippen LogP contribution >= 0.6 is 11.6 Å². The van der Waals surface area contributed by atoms with Gasteiger partial charge in [-0.05, 0) is 31.2 Å². The smallest absolute Gasteiger partial charge is 0.339 e. The fourth-order valence-electron chi connectivity index (χ4n) is 2.13. The van der Waals surface area contributed by atoms with Crippen LogP contribution in [0.5, 0.6) is 0 Å². The topological polar surface area (TPSA) is 122 Å². The number of nitro benzene ring substituents is 1. The van der Waals surface area contributed by atoms with Gasteiger partial charge < -0.3 is 10.1 Å². The molecule has 0 saturated carbocycles. The number of amides is 1. The molecule has 0 aliphatic rings. The zero-order chi connectivity index (χ0) is 19.3. The first kappa shape index (κ1) is 18.9. The lowest BCUT2D eigenvalue weighted by molar-refractivity contribution is -0.385. The van der Waals surface area contributed by atoms with Crippen LogP contribution in [0.3, 0.4) is 0 Å². The van der Waals surface area contributed by atoms with Crippen molar-refractivity contribution in [2.24, 2.45) is 0 Å². The summed E-state index contributed by atoms with van der Waals surface area (Å²) in [5.74, 6) is -1.47. The molecular weight excluding hydrogens is 362 g/mol. The summed E-state index contributed by atoms with van der Waals surface area (Å²) in [5, 5.41) is 22.3. The van der Waals surface area contributed by atoms with Crippen LogP contribution in [0.25, 0.3) is 0 Å². The minimum atomic E-state index is -0.848. The SMILES string of the molecule is Cc1c(C(=O)OCC(=O)Nc2ccc(C#N)c(Cl)c2)cccc1[N+](=O)[O-]. The van der Waals surface area contributed by atoms with Crippen LogP contribution in [0.15, 0.2) is 36.4 Å². The Morgan fingerprint density at radius 3 is 2.69 bits per heavy atom. The molecule has 8 nitrogen and oxygen atoms in total. The highest BCUT2D eigenvalue weighted by Crippen LogP contribution is 2.22. The molecule has 0 heterocycles. The Labute approximate surface area is 153 Å². The van der Waals surface area contributed by atoms with Gasteiger partial charge in [-0.25, -0.2) is 4.79 Å². The molecule has 0 bridgehead atoms. The summed E-state index contributed by atoms with van der Waals surface area (Å²) >= 11 is 5.86. The van der Waals surface area contributed by atoms with Crippen molar-refractivity contribution in [1.29, 1.82) is 5.26 Å². The van der Waals surface area contributed by atoms with Crippen molar-refractivity contribution in [3.8, 4) is 6.07 Å². The highest BCUT2D eigenvalue weighted by molar-refractivity contribution is 6.32. The van der Waals surface area contributed by atoms with Crippen LogP contribution in [-0.4, -0.2) is 23.4 Å². The van der Waals surface area contributed by atoms with Crippen molar-refractivity contribution in [1.82, 2.24) is 0 Å². The van der Waals surface area contributed by atoms with E-state index in [1.54, 1.807) is 0 Å². The van der Waals surface area contributed by atoms with E-state index in [1.165, 1.54) is 43.3 Å². The molecule has 2 rings (SSSR count). The maximum atomic E-state index is 12.1. The van der Waals surface area contributed by atoms with E-state index in [0.29, 0.717) is 5.69 Å². The number of halogens is 1. The Hall–Kier alpha value is -3.44. The number of nitrogens with zero attached hydrogens (tertiary/aromatic N) is 2. The third kappa shape index (κ3) is 4.34. The molecule has 2 aromatic rings. The first-order valence-electron chi connectivity index (χ1n) is 7.24. The average molecular weight is 374 g/mol. The van der Waals surface area contributed by atoms with Crippen LogP contribution in [0.4, 0.5) is 11.4 Å². The Bertz CT molecular complexity index is 936. The molecule has 9 heteroatoms. The molecule has 0 fully saturated rings. The van der Waals surface area contributed by atoms with Gasteiger partial charge in [-0.15, -0.1) is 0 Å². The number of rotatable bonds is 5. The molecular formula is C17H12ClN3O5. The number of esters is 1. The summed E-state index contributed by atoms with van der Waals surface area (Å²) in [5.41, 5.74) is 0.546. The number of hydrogen-bond donors (Lipinski definition) is 1. The van der Waals surface area contributed by atoms with Crippen LogP contribution in [0.2, 0.25) is 5.02 Å². The molecule has 0 aliphatic carbocycles. The molecule has 0 aliphatic heterocycles. The van der Waals surface area contributed by atoms with E-state index in [4.69, 9.17) is 21.6 Å². The predicted molar refractivity (Wildman–Crippen MR) is 92.9 cm³/mol. The number of nitro groups is 1. The van der Waals surface area contributed by atoms with Crippen molar-refractivity contribution in [3.05, 3.63) is 68.2 Å². The van der Waals surface area contributed by atoms with E-state index in [0.717, 1.165) is 0 Å². The Morgan fingerprint density at radius 1 is 1.35 bits per heavy atom. The lowest BCUT2D eigenvalue weighted by Gasteiger charge is -2.09. The summed E-state index contributed by atoms with van der Waals surface area (Å²) < 4.78 is 4.89. The summed E-state index contributed by atoms with van der Waals surface area (Å²) in [6, 6.07) is 10.2. The minimum Gasteiger partial charge on any atom is -0.452 e. The molecule has 0 unspecified atom stereocenters. The number of nitrogens with one attached hydrogen (secondary N) is 1. The van der Waals surface area contributed by atoms with Gasteiger partial charge in [-0.1, -0.05) is 17.7 Å². The molecule has 0 saturated heterocycles. The number of carbonyl (C=O) groups is 2. The molecule has 2 aromatic carbocycles. The molecule has 1 amide bonds. The number of nitriles is 1. The number of ether oxygens (including phenoxy) is 1. The van der Waals surface area contributed by atoms with Crippen molar-refractivity contribution >= 4 is 34.9 Å². The van der Waals surface area contributed by atoms with Gasteiger partial charge in [-0.2, -0.15) is 5.26 Å². The van der Waals surface area contributed by atoms with Crippen molar-refractivity contribution in [3.63, 3.8) is 0 Å². The van der Waals surface area contributed by atoms with Crippen LogP contribution in [0, 0.1) is 28.4 Å². The molecule has 26 heavy (non-hydrogen) atoms. The van der Waals surface area contributed by atoms with E-state index >= 15 is 0 Å². The van der Waals surface area contributed by atoms with Crippen LogP contribution in [0.1, 0.15) is 21.5 Å². The number of benzene rings is 2. The van der Waals surface area contributed by atoms with Crippen LogP contribution < -0.4 is 5.32 Å². The molecule has 0 spiro atoms. The normalized spacial score (nSPS) is 9.88. The highest BCUT2D eigenvalue weighted by atomic mass is 35.5. The molecule has 0 aromatic heterocycles. The van der Waals surface area contributed by atoms with Gasteiger partial charge in [0.1, 0.15) is 6.07 Å². The second-order valence-corrected chi connectivity index (χ2v) is 5.54. The molecule has 0 radical (unpaired) electrons. The van der Waals surface area contributed by atoms with Crippen LogP contribution in [-0.2, 0) is 9.53 Å². The van der Waals surface area contributed by atoms with Gasteiger partial charge in [-0.3, -0.25) is 14.9 Å². The Kier molecular flexibility index (Phi) is 5.88. The van der Waals surface area contributed by atoms with E-state index in [9.17, 15) is 19.7 Å². The first-order valence-corrected chi connectivity index (χ1v) is 7.62. The zero-order valence-electron chi connectivity index (χ0n) is 13.5. The fourth-order valence-corrected chi connectivity index (χ4v) is 2.35. The monoisotopic (exact) mass is 373 g/mol. The van der Waals surface area contributed by atoms with E-state index in [-0.39, 0.29) is 27.4 Å². The second-order valence-electron chi connectivity index (χ2n) is 5.14. The second kappa shape index (κ2) is 8.09. The Balaban J connectivity index is 2.00. The van der Waals surface area contributed by atoms with Gasteiger partial charge in [0.25, 0.3) is 11.6 Å². The van der Waals surface area contributed by atoms with Crippen molar-refractivity contribution < 1.29 is 19.2 Å². The molecule has 1 N–H and O–H groups in total. The van der Waals surface area contributed by atoms with Gasteiger partial charge in [0.15, 0.2) is 6.61 Å². The van der Waals surface area contributed by atoms with Gasteiger partial charge in [0.05, 0.1) is 21.1 Å². The number of hydrogen-bond acceptors (Lipinski definition) is 6. The highest BCUT2D eigenvalue weighted by Gasteiger charge is 2.19. The summed E-state index contributed by atoms with van der Waals surface area (Å²) in [6.45, 7) is 0.839. The van der Waals surface area contributed by atoms with Gasteiger partial charge in [0.2, 0.25) is 0 Å². The molecule has 132 valence electrons. The zero-order valence-corrected chi connectivity index (χ0v) is 14.2. The van der Waals surface area contributed by atoms with Gasteiger partial charge in [0, 0.05) is 17.3 Å². The maximum absolute atomic E-state index is 12.1.